The molecule has 4 nitrogen and oxygen atoms in total. The Labute approximate surface area is 117 Å². The molecule has 0 amide bonds. The molecule has 46 valence electrons. The molecule has 0 radical (unpaired) electrons. The van der Waals surface area contributed by atoms with Crippen molar-refractivity contribution in [1.29, 1.82) is 0 Å². The van der Waals surface area contributed by atoms with E-state index in [0.717, 1.165) is 0 Å². The molecular formula is H12AlCaNaO4Si. The molecule has 0 unspecified atom stereocenters. The summed E-state index contributed by atoms with van der Waals surface area (Å²) in [5, 5.41) is 0. The molecule has 0 rings (SSSR count). The summed E-state index contributed by atoms with van der Waals surface area (Å²) >= 11 is 0. The predicted molar refractivity (Wildman–Crippen MR) is 35.8 cm³/mol. The Balaban J connectivity index is -0.00000000381. The van der Waals surface area contributed by atoms with Gasteiger partial charge in [-0.25, -0.2) is 0 Å². The second-order valence-corrected chi connectivity index (χ2v) is 1.80. The van der Waals surface area contributed by atoms with Crippen LogP contribution in [-0.2, 0) is 0 Å². The van der Waals surface area contributed by atoms with E-state index in [1.165, 1.54) is 0 Å². The van der Waals surface area contributed by atoms with Gasteiger partial charge in [0, 0.05) is 1.43 Å². The average Bonchev–Trinajstić information content (AvgIpc) is 0.722. The Morgan fingerprint density at radius 1 is 1.12 bits per heavy atom. The van der Waals surface area contributed by atoms with Crippen LogP contribution in [0.25, 0.3) is 0 Å². The summed E-state index contributed by atoms with van der Waals surface area (Å²) in [5.41, 5.74) is 0. The maximum atomic E-state index is 7.33. The van der Waals surface area contributed by atoms with Gasteiger partial charge in [-0.15, -0.1) is 0 Å². The van der Waals surface area contributed by atoms with Gasteiger partial charge in [-0.05, 0) is 0 Å². The van der Waals surface area contributed by atoms with Crippen LogP contribution in [0.15, 0.2) is 0 Å². The van der Waals surface area contributed by atoms with Gasteiger partial charge in [-0.2, -0.15) is 0 Å². The molecule has 4 N–H and O–H groups in total. The zero-order valence-corrected chi connectivity index (χ0v) is 9.20. The van der Waals surface area contributed by atoms with Gasteiger partial charge in [0.15, 0.2) is 17.4 Å². The van der Waals surface area contributed by atoms with Crippen LogP contribution in [0.3, 0.4) is 0 Å². The zero-order chi connectivity index (χ0) is 4.50. The van der Waals surface area contributed by atoms with Crippen LogP contribution in [0, 0.1) is 0 Å². The molecule has 0 fully saturated rings. The third kappa shape index (κ3) is 67.2. The molecule has 0 spiro atoms. The average molecular weight is 194 g/mol. The summed E-state index contributed by atoms with van der Waals surface area (Å²) in [4.78, 5) is 29.3. The topological polar surface area (TPSA) is 80.9 Å². The van der Waals surface area contributed by atoms with Gasteiger partial charge in [0.1, 0.15) is 0 Å². The predicted octanol–water partition coefficient (Wildman–Crippen LogP) is -6.59. The fraction of sp³-hybridized carbons (Fsp3) is 0. The van der Waals surface area contributed by atoms with Crippen molar-refractivity contribution in [1.82, 2.24) is 0 Å². The van der Waals surface area contributed by atoms with Gasteiger partial charge in [-0.1, -0.05) is 0 Å². The first-order valence-electron chi connectivity index (χ1n) is 0.894. The van der Waals surface area contributed by atoms with E-state index in [1.807, 2.05) is 0 Å². The Morgan fingerprint density at radius 3 is 1.12 bits per heavy atom. The van der Waals surface area contributed by atoms with E-state index in [9.17, 15) is 0 Å². The van der Waals surface area contributed by atoms with Crippen molar-refractivity contribution in [2.75, 3.05) is 0 Å². The molecule has 0 saturated heterocycles. The van der Waals surface area contributed by atoms with Crippen LogP contribution < -0.4 is 29.6 Å². The second-order valence-electron chi connectivity index (χ2n) is 0.600. The third-order valence-corrected chi connectivity index (χ3v) is 0. The molecule has 0 aliphatic heterocycles. The van der Waals surface area contributed by atoms with Gasteiger partial charge in [0.25, 0.3) is 0 Å². The second kappa shape index (κ2) is 9.85. The molecule has 0 aromatic heterocycles. The van der Waals surface area contributed by atoms with Gasteiger partial charge < -0.3 is 23.5 Å². The van der Waals surface area contributed by atoms with E-state index < -0.39 is 9.05 Å². The number of rotatable bonds is 0. The Bertz CT molecular complexity index is 42.5. The quantitative estimate of drug-likeness (QED) is 0.289. The SMILES string of the molecule is O[Si](O)(O)O.[AlH3].[Ca+2].[H-].[H-].[H-].[HH].[Na+]. The summed E-state index contributed by atoms with van der Waals surface area (Å²) in [7, 11) is -4.61. The minimum Gasteiger partial charge on any atom is -1.00 e. The first-order chi connectivity index (χ1) is 2.00. The van der Waals surface area contributed by atoms with Crippen LogP contribution >= 0.6 is 0 Å². The molecular weight excluding hydrogens is 182 g/mol. The van der Waals surface area contributed by atoms with Gasteiger partial charge >= 0.3 is 76.3 Å². The van der Waals surface area contributed by atoms with E-state index >= 15 is 0 Å². The Kier molecular flexibility index (Phi) is 27.6. The molecule has 0 heterocycles. The molecule has 8 heteroatoms. The number of hydrogen-bond acceptors (Lipinski definition) is 4. The van der Waals surface area contributed by atoms with Crippen molar-refractivity contribution in [2.45, 2.75) is 0 Å². The zero-order valence-electron chi connectivity index (χ0n) is 7.00. The fourth-order valence-corrected chi connectivity index (χ4v) is 0. The van der Waals surface area contributed by atoms with Gasteiger partial charge in [-0.3, -0.25) is 0 Å². The van der Waals surface area contributed by atoms with Crippen molar-refractivity contribution < 1.29 is 54.4 Å². The first kappa shape index (κ1) is 22.4. The van der Waals surface area contributed by atoms with E-state index in [0.29, 0.717) is 0 Å². The van der Waals surface area contributed by atoms with E-state index in [-0.39, 0.29) is 90.4 Å². The van der Waals surface area contributed by atoms with Crippen molar-refractivity contribution in [3.8, 4) is 0 Å². The maximum absolute atomic E-state index is 7.33. The maximum Gasteiger partial charge on any atom is 2.00 e. The smallest absolute Gasteiger partial charge is 1.00 e. The molecule has 0 bridgehead atoms. The van der Waals surface area contributed by atoms with Crippen LogP contribution in [0.4, 0.5) is 0 Å². The Morgan fingerprint density at radius 2 is 1.12 bits per heavy atom. The van der Waals surface area contributed by atoms with E-state index in [1.54, 1.807) is 0 Å². The van der Waals surface area contributed by atoms with E-state index in [4.69, 9.17) is 19.2 Å². The summed E-state index contributed by atoms with van der Waals surface area (Å²) in [5.74, 6) is 0. The minimum atomic E-state index is -4.61. The van der Waals surface area contributed by atoms with Crippen LogP contribution in [0.1, 0.15) is 5.71 Å². The van der Waals surface area contributed by atoms with Crippen LogP contribution in [0.5, 0.6) is 0 Å². The summed E-state index contributed by atoms with van der Waals surface area (Å²) in [6.07, 6.45) is 0. The molecule has 0 aromatic carbocycles. The van der Waals surface area contributed by atoms with Crippen molar-refractivity contribution in [3.05, 3.63) is 0 Å². The molecule has 0 aliphatic carbocycles. The van der Waals surface area contributed by atoms with Gasteiger partial charge in [0.05, 0.1) is 0 Å². The summed E-state index contributed by atoms with van der Waals surface area (Å²) < 4.78 is 0. The summed E-state index contributed by atoms with van der Waals surface area (Å²) in [6, 6.07) is 0. The van der Waals surface area contributed by atoms with E-state index in [2.05, 4.69) is 0 Å². The van der Waals surface area contributed by atoms with Crippen LogP contribution in [0.2, 0.25) is 0 Å². The van der Waals surface area contributed by atoms with Crippen molar-refractivity contribution in [2.24, 2.45) is 0 Å². The third-order valence-electron chi connectivity index (χ3n) is 0. The normalized spacial score (nSPS) is 7.50. The Hall–Kier alpha value is 2.85. The van der Waals surface area contributed by atoms with Crippen molar-refractivity contribution in [3.63, 3.8) is 0 Å². The largest absolute Gasteiger partial charge is 2.00 e. The molecule has 0 saturated carbocycles. The first-order valence-corrected chi connectivity index (χ1v) is 2.68. The van der Waals surface area contributed by atoms with Crippen LogP contribution in [-0.4, -0.2) is 83.3 Å². The molecule has 0 atom stereocenters. The minimum absolute atomic E-state index is 0. The van der Waals surface area contributed by atoms with Gasteiger partial charge in [0.2, 0.25) is 0 Å². The number of hydrogen-bond donors (Lipinski definition) is 4. The van der Waals surface area contributed by atoms with Crippen molar-refractivity contribution >= 4 is 64.1 Å². The molecule has 0 aliphatic rings. The monoisotopic (exact) mass is 194 g/mol. The molecule has 8 heavy (non-hydrogen) atoms. The standard InChI is InChI=1S/Al.Ca.Na.H4O4Si.H2.6H/c;;;1-5(2,3)4;;;;;;;/h;;;1-4H;1H;;;;;;/q;+2;+1;;;;;;3*-1. The summed E-state index contributed by atoms with van der Waals surface area (Å²) in [6.45, 7) is 0. The molecule has 0 aromatic rings. The fourth-order valence-electron chi connectivity index (χ4n) is 0.